The topological polar surface area (TPSA) is 70.8 Å². The fraction of sp³-hybridized carbons (Fsp3) is 0.304. The Morgan fingerprint density at radius 1 is 1.16 bits per heavy atom. The van der Waals surface area contributed by atoms with E-state index < -0.39 is 6.10 Å². The van der Waals surface area contributed by atoms with Crippen molar-refractivity contribution in [2.45, 2.75) is 18.8 Å². The van der Waals surface area contributed by atoms with Crippen molar-refractivity contribution in [3.05, 3.63) is 81.9 Å². The number of ether oxygens (including phenoxy) is 1. The number of anilines is 1. The van der Waals surface area contributed by atoms with E-state index in [1.807, 2.05) is 43.3 Å². The standard InChI is InChI=1S/C23H25ClN4O3/c1-26(2)20-13-27(14-21(20)29)22-8-7-18(12-25-22)28-10-9-19(11-23(28)30)31-15-16-3-5-17(24)6-4-16/h3-12,20-21,29H,13-15H2,1-2H3/t20-,21-/m0/s1. The third-order valence-corrected chi connectivity index (χ3v) is 5.72. The van der Waals surface area contributed by atoms with Gasteiger partial charge in [0.05, 0.1) is 24.0 Å². The largest absolute Gasteiger partial charge is 0.489 e. The lowest BCUT2D eigenvalue weighted by Gasteiger charge is -2.21. The molecule has 0 saturated carbocycles. The molecule has 2 aromatic heterocycles. The number of benzene rings is 1. The highest BCUT2D eigenvalue weighted by molar-refractivity contribution is 6.30. The molecule has 1 N–H and O–H groups in total. The van der Waals surface area contributed by atoms with Gasteiger partial charge in [0.15, 0.2) is 0 Å². The molecule has 8 heteroatoms. The summed E-state index contributed by atoms with van der Waals surface area (Å²) in [7, 11) is 3.92. The molecule has 31 heavy (non-hydrogen) atoms. The smallest absolute Gasteiger partial charge is 0.258 e. The second-order valence-corrected chi connectivity index (χ2v) is 8.30. The number of aliphatic hydroxyl groups is 1. The molecule has 1 aliphatic rings. The van der Waals surface area contributed by atoms with Crippen LogP contribution in [0.15, 0.2) is 65.7 Å². The van der Waals surface area contributed by atoms with E-state index >= 15 is 0 Å². The van der Waals surface area contributed by atoms with Crippen molar-refractivity contribution < 1.29 is 9.84 Å². The number of aliphatic hydroxyl groups excluding tert-OH is 1. The molecule has 2 atom stereocenters. The summed E-state index contributed by atoms with van der Waals surface area (Å²) < 4.78 is 7.24. The van der Waals surface area contributed by atoms with Crippen LogP contribution in [0.25, 0.3) is 5.69 Å². The lowest BCUT2D eigenvalue weighted by molar-refractivity contribution is 0.114. The van der Waals surface area contributed by atoms with Crippen molar-refractivity contribution >= 4 is 17.4 Å². The maximum Gasteiger partial charge on any atom is 0.258 e. The molecular formula is C23H25ClN4O3. The minimum atomic E-state index is -0.417. The number of pyridine rings is 2. The van der Waals surface area contributed by atoms with Crippen molar-refractivity contribution in [3.8, 4) is 11.4 Å². The fourth-order valence-electron chi connectivity index (χ4n) is 3.68. The molecule has 3 aromatic rings. The second kappa shape index (κ2) is 9.09. The van der Waals surface area contributed by atoms with E-state index in [0.29, 0.717) is 36.2 Å². The van der Waals surface area contributed by atoms with Gasteiger partial charge in [0, 0.05) is 30.4 Å². The minimum Gasteiger partial charge on any atom is -0.489 e. The molecule has 4 rings (SSSR count). The Labute approximate surface area is 186 Å². The van der Waals surface area contributed by atoms with Crippen LogP contribution in [0.2, 0.25) is 5.02 Å². The van der Waals surface area contributed by atoms with Gasteiger partial charge in [-0.2, -0.15) is 0 Å². The van der Waals surface area contributed by atoms with Gasteiger partial charge in [0.2, 0.25) is 0 Å². The minimum absolute atomic E-state index is 0.0736. The molecule has 0 bridgehead atoms. The molecule has 1 aliphatic heterocycles. The zero-order valence-electron chi connectivity index (χ0n) is 17.5. The summed E-state index contributed by atoms with van der Waals surface area (Å²) in [6.45, 7) is 1.60. The Balaban J connectivity index is 1.43. The number of likely N-dealkylation sites (N-methyl/N-ethyl adjacent to an activating group) is 1. The predicted octanol–water partition coefficient (Wildman–Crippen LogP) is 2.58. The van der Waals surface area contributed by atoms with Crippen LogP contribution >= 0.6 is 11.6 Å². The first-order valence-corrected chi connectivity index (χ1v) is 10.4. The Morgan fingerprint density at radius 3 is 2.55 bits per heavy atom. The summed E-state index contributed by atoms with van der Waals surface area (Å²) in [5.41, 5.74) is 1.44. The van der Waals surface area contributed by atoms with E-state index in [-0.39, 0.29) is 11.6 Å². The number of aromatic nitrogens is 2. The Bertz CT molecular complexity index is 1080. The molecule has 1 saturated heterocycles. The number of β-amino-alcohol motifs (C(OH)–C–C–N with tert-alkyl or cyclic N) is 1. The quantitative estimate of drug-likeness (QED) is 0.635. The van der Waals surface area contributed by atoms with E-state index in [0.717, 1.165) is 11.4 Å². The first kappa shape index (κ1) is 21.4. The monoisotopic (exact) mass is 440 g/mol. The highest BCUT2D eigenvalue weighted by atomic mass is 35.5. The molecular weight excluding hydrogens is 416 g/mol. The molecule has 1 aromatic carbocycles. The van der Waals surface area contributed by atoms with Crippen LogP contribution in [0.4, 0.5) is 5.82 Å². The van der Waals surface area contributed by atoms with E-state index in [1.165, 1.54) is 10.6 Å². The zero-order chi connectivity index (χ0) is 22.0. The van der Waals surface area contributed by atoms with E-state index in [2.05, 4.69) is 9.88 Å². The van der Waals surface area contributed by atoms with Crippen LogP contribution in [0.5, 0.6) is 5.75 Å². The summed E-state index contributed by atoms with van der Waals surface area (Å²) in [4.78, 5) is 21.2. The Kier molecular flexibility index (Phi) is 6.27. The Hall–Kier alpha value is -2.87. The lowest BCUT2D eigenvalue weighted by Crippen LogP contribution is -2.38. The second-order valence-electron chi connectivity index (χ2n) is 7.86. The van der Waals surface area contributed by atoms with E-state index in [1.54, 1.807) is 30.6 Å². The molecule has 0 radical (unpaired) electrons. The van der Waals surface area contributed by atoms with Gasteiger partial charge in [0.25, 0.3) is 5.56 Å². The van der Waals surface area contributed by atoms with Crippen LogP contribution in [-0.2, 0) is 6.61 Å². The van der Waals surface area contributed by atoms with Crippen molar-refractivity contribution in [2.24, 2.45) is 0 Å². The summed E-state index contributed by atoms with van der Waals surface area (Å²) >= 11 is 5.89. The average molecular weight is 441 g/mol. The third kappa shape index (κ3) is 4.90. The average Bonchev–Trinajstić information content (AvgIpc) is 3.15. The highest BCUT2D eigenvalue weighted by Crippen LogP contribution is 2.22. The molecule has 7 nitrogen and oxygen atoms in total. The van der Waals surface area contributed by atoms with Gasteiger partial charge in [-0.3, -0.25) is 9.36 Å². The number of rotatable bonds is 6. The normalized spacial score (nSPS) is 18.5. The van der Waals surface area contributed by atoms with Crippen LogP contribution in [0.1, 0.15) is 5.56 Å². The van der Waals surface area contributed by atoms with Crippen LogP contribution in [-0.4, -0.2) is 58.9 Å². The zero-order valence-corrected chi connectivity index (χ0v) is 18.2. The maximum atomic E-state index is 12.6. The van der Waals surface area contributed by atoms with Crippen molar-refractivity contribution in [1.82, 2.24) is 14.5 Å². The predicted molar refractivity (Wildman–Crippen MR) is 121 cm³/mol. The van der Waals surface area contributed by atoms with Gasteiger partial charge in [-0.05, 0) is 50.0 Å². The van der Waals surface area contributed by atoms with Gasteiger partial charge in [0.1, 0.15) is 18.2 Å². The third-order valence-electron chi connectivity index (χ3n) is 5.47. The SMILES string of the molecule is CN(C)[C@H]1CN(c2ccc(-n3ccc(OCc4ccc(Cl)cc4)cc3=O)cn2)C[C@@H]1O. The number of hydrogen-bond acceptors (Lipinski definition) is 6. The molecule has 0 amide bonds. The van der Waals surface area contributed by atoms with Crippen LogP contribution in [0, 0.1) is 0 Å². The van der Waals surface area contributed by atoms with Gasteiger partial charge >= 0.3 is 0 Å². The molecule has 0 aliphatic carbocycles. The van der Waals surface area contributed by atoms with Gasteiger partial charge < -0.3 is 19.6 Å². The van der Waals surface area contributed by atoms with Crippen molar-refractivity contribution in [3.63, 3.8) is 0 Å². The maximum absolute atomic E-state index is 12.6. The first-order valence-electron chi connectivity index (χ1n) is 10.1. The lowest BCUT2D eigenvalue weighted by atomic mass is 10.2. The molecule has 0 spiro atoms. The molecule has 162 valence electrons. The molecule has 0 unspecified atom stereocenters. The van der Waals surface area contributed by atoms with Crippen LogP contribution < -0.4 is 15.2 Å². The van der Waals surface area contributed by atoms with Crippen molar-refractivity contribution in [1.29, 1.82) is 0 Å². The molecule has 1 fully saturated rings. The fourth-order valence-corrected chi connectivity index (χ4v) is 3.81. The number of hydrogen-bond donors (Lipinski definition) is 1. The summed E-state index contributed by atoms with van der Waals surface area (Å²) in [6, 6.07) is 14.4. The number of nitrogens with zero attached hydrogens (tertiary/aromatic N) is 4. The first-order chi connectivity index (χ1) is 14.9. The highest BCUT2D eigenvalue weighted by Gasteiger charge is 2.33. The van der Waals surface area contributed by atoms with Gasteiger partial charge in [-0.15, -0.1) is 0 Å². The van der Waals surface area contributed by atoms with Crippen LogP contribution in [0.3, 0.4) is 0 Å². The van der Waals surface area contributed by atoms with Crippen molar-refractivity contribution in [2.75, 3.05) is 32.1 Å². The summed E-state index contributed by atoms with van der Waals surface area (Å²) in [5, 5.41) is 10.9. The van der Waals surface area contributed by atoms with Gasteiger partial charge in [-0.25, -0.2) is 4.98 Å². The summed E-state index contributed by atoms with van der Waals surface area (Å²) in [5.74, 6) is 1.28. The summed E-state index contributed by atoms with van der Waals surface area (Å²) in [6.07, 6.45) is 2.93. The van der Waals surface area contributed by atoms with E-state index in [9.17, 15) is 9.90 Å². The molecule has 3 heterocycles. The number of halogens is 1. The Morgan fingerprint density at radius 2 is 1.94 bits per heavy atom. The van der Waals surface area contributed by atoms with Gasteiger partial charge in [-0.1, -0.05) is 23.7 Å². The van der Waals surface area contributed by atoms with E-state index in [4.69, 9.17) is 16.3 Å².